The first-order valence-electron chi connectivity index (χ1n) is 11.3. The molecule has 3 heterocycles. The zero-order valence-corrected chi connectivity index (χ0v) is 17.9. The normalized spacial score (nSPS) is 24.8. The molecule has 9 heteroatoms. The minimum Gasteiger partial charge on any atom is -0.380 e. The van der Waals surface area contributed by atoms with Gasteiger partial charge in [0.1, 0.15) is 11.9 Å². The molecule has 32 heavy (non-hydrogen) atoms. The Bertz CT molecular complexity index is 892. The topological polar surface area (TPSA) is 117 Å². The van der Waals surface area contributed by atoms with Gasteiger partial charge in [-0.1, -0.05) is 0 Å². The molecule has 0 aliphatic carbocycles. The van der Waals surface area contributed by atoms with E-state index < -0.39 is 29.8 Å². The Kier molecular flexibility index (Phi) is 6.63. The third-order valence-electron chi connectivity index (χ3n) is 7.13. The van der Waals surface area contributed by atoms with Crippen molar-refractivity contribution in [2.45, 2.75) is 62.8 Å². The Labute approximate surface area is 186 Å². The molecule has 0 radical (unpaired) electrons. The number of fused-ring (bicyclic) bond motifs is 2. The molecule has 2 bridgehead atoms. The maximum atomic E-state index is 13.4. The fourth-order valence-corrected chi connectivity index (χ4v) is 5.30. The largest absolute Gasteiger partial charge is 0.380 e. The van der Waals surface area contributed by atoms with E-state index >= 15 is 0 Å². The highest BCUT2D eigenvalue weighted by Gasteiger charge is 2.46. The van der Waals surface area contributed by atoms with Crippen molar-refractivity contribution in [1.29, 1.82) is 5.26 Å². The van der Waals surface area contributed by atoms with Gasteiger partial charge < -0.3 is 25.3 Å². The van der Waals surface area contributed by atoms with Crippen molar-refractivity contribution in [3.63, 3.8) is 0 Å². The second-order valence-electron chi connectivity index (χ2n) is 9.05. The molecule has 3 N–H and O–H groups in total. The van der Waals surface area contributed by atoms with Gasteiger partial charge in [0.25, 0.3) is 11.8 Å². The molecule has 3 saturated heterocycles. The lowest BCUT2D eigenvalue weighted by Gasteiger charge is -2.34. The first-order chi connectivity index (χ1) is 15.4. The quantitative estimate of drug-likeness (QED) is 0.600. The van der Waals surface area contributed by atoms with E-state index in [1.165, 1.54) is 12.1 Å². The minimum atomic E-state index is -1.79. The summed E-state index contributed by atoms with van der Waals surface area (Å²) in [5.74, 6) is -1.58. The SMILES string of the molecule is N#Cc1cc(F)ccc1N1CCC(CNC(=O)C(O)C(O)C(=O)N2C3CCC2CC3)CC1. The van der Waals surface area contributed by atoms with Crippen molar-refractivity contribution in [1.82, 2.24) is 10.2 Å². The number of hydrogen-bond donors (Lipinski definition) is 3. The van der Waals surface area contributed by atoms with E-state index in [0.717, 1.165) is 38.5 Å². The number of nitrogens with zero attached hydrogens (tertiary/aromatic N) is 3. The summed E-state index contributed by atoms with van der Waals surface area (Å²) in [6, 6.07) is 6.43. The van der Waals surface area contributed by atoms with E-state index in [1.54, 1.807) is 11.0 Å². The summed E-state index contributed by atoms with van der Waals surface area (Å²) in [7, 11) is 0. The van der Waals surface area contributed by atoms with Crippen LogP contribution in [0.3, 0.4) is 0 Å². The third-order valence-corrected chi connectivity index (χ3v) is 7.13. The summed E-state index contributed by atoms with van der Waals surface area (Å²) in [5.41, 5.74) is 0.995. The van der Waals surface area contributed by atoms with Crippen LogP contribution in [0.1, 0.15) is 44.1 Å². The maximum absolute atomic E-state index is 13.4. The van der Waals surface area contributed by atoms with E-state index in [9.17, 15) is 29.5 Å². The number of aliphatic hydroxyl groups is 2. The van der Waals surface area contributed by atoms with Gasteiger partial charge in [0.15, 0.2) is 12.2 Å². The van der Waals surface area contributed by atoms with E-state index in [-0.39, 0.29) is 18.0 Å². The number of nitriles is 1. The first kappa shape index (κ1) is 22.5. The van der Waals surface area contributed by atoms with Crippen molar-refractivity contribution in [3.05, 3.63) is 29.6 Å². The monoisotopic (exact) mass is 444 g/mol. The zero-order chi connectivity index (χ0) is 22.8. The molecule has 0 saturated carbocycles. The molecule has 8 nitrogen and oxygen atoms in total. The van der Waals surface area contributed by atoms with Gasteiger partial charge in [-0.3, -0.25) is 9.59 Å². The van der Waals surface area contributed by atoms with Crippen LogP contribution in [-0.2, 0) is 9.59 Å². The van der Waals surface area contributed by atoms with Crippen LogP contribution in [0.5, 0.6) is 0 Å². The second kappa shape index (κ2) is 9.43. The number of carbonyl (C=O) groups excluding carboxylic acids is 2. The van der Waals surface area contributed by atoms with Crippen LogP contribution in [0.2, 0.25) is 0 Å². The van der Waals surface area contributed by atoms with Gasteiger partial charge in [-0.05, 0) is 62.6 Å². The van der Waals surface area contributed by atoms with E-state index in [0.29, 0.717) is 30.9 Å². The number of amides is 2. The van der Waals surface area contributed by atoms with Gasteiger partial charge >= 0.3 is 0 Å². The van der Waals surface area contributed by atoms with Crippen molar-refractivity contribution < 1.29 is 24.2 Å². The van der Waals surface area contributed by atoms with Crippen LogP contribution in [0.25, 0.3) is 0 Å². The molecule has 4 rings (SSSR count). The molecule has 0 spiro atoms. The average molecular weight is 445 g/mol. The lowest BCUT2D eigenvalue weighted by Crippen LogP contribution is -2.52. The lowest BCUT2D eigenvalue weighted by atomic mass is 9.95. The highest BCUT2D eigenvalue weighted by molar-refractivity contribution is 5.91. The van der Waals surface area contributed by atoms with Gasteiger partial charge in [0, 0.05) is 31.7 Å². The summed E-state index contributed by atoms with van der Waals surface area (Å²) in [6.45, 7) is 1.64. The van der Waals surface area contributed by atoms with E-state index in [2.05, 4.69) is 5.32 Å². The third kappa shape index (κ3) is 4.43. The molecule has 2 amide bonds. The highest BCUT2D eigenvalue weighted by Crippen LogP contribution is 2.37. The van der Waals surface area contributed by atoms with Crippen LogP contribution in [0.4, 0.5) is 10.1 Å². The van der Waals surface area contributed by atoms with Crippen molar-refractivity contribution >= 4 is 17.5 Å². The second-order valence-corrected chi connectivity index (χ2v) is 9.05. The van der Waals surface area contributed by atoms with Gasteiger partial charge in [-0.15, -0.1) is 0 Å². The van der Waals surface area contributed by atoms with Crippen molar-refractivity contribution in [2.75, 3.05) is 24.5 Å². The Balaban J connectivity index is 1.24. The molecule has 0 aromatic heterocycles. The first-order valence-corrected chi connectivity index (χ1v) is 11.3. The van der Waals surface area contributed by atoms with Crippen LogP contribution in [0.15, 0.2) is 18.2 Å². The van der Waals surface area contributed by atoms with E-state index in [4.69, 9.17) is 0 Å². The molecule has 1 aromatic carbocycles. The number of aliphatic hydroxyl groups excluding tert-OH is 2. The number of rotatable bonds is 6. The summed E-state index contributed by atoms with van der Waals surface area (Å²) in [5, 5.41) is 32.4. The minimum absolute atomic E-state index is 0.116. The molecule has 3 fully saturated rings. The highest BCUT2D eigenvalue weighted by atomic mass is 19.1. The van der Waals surface area contributed by atoms with Crippen molar-refractivity contribution in [2.24, 2.45) is 5.92 Å². The summed E-state index contributed by atoms with van der Waals surface area (Å²) in [6.07, 6.45) is 1.61. The molecule has 3 aliphatic rings. The smallest absolute Gasteiger partial charge is 0.255 e. The Morgan fingerprint density at radius 3 is 2.31 bits per heavy atom. The van der Waals surface area contributed by atoms with Crippen molar-refractivity contribution in [3.8, 4) is 6.07 Å². The fourth-order valence-electron chi connectivity index (χ4n) is 5.30. The molecular weight excluding hydrogens is 415 g/mol. The molecule has 1 aromatic rings. The number of nitrogens with one attached hydrogen (secondary N) is 1. The number of carbonyl (C=O) groups is 2. The summed E-state index contributed by atoms with van der Waals surface area (Å²) < 4.78 is 13.4. The van der Waals surface area contributed by atoms with Crippen LogP contribution >= 0.6 is 0 Å². The van der Waals surface area contributed by atoms with Gasteiger partial charge in [0.05, 0.1) is 11.3 Å². The lowest BCUT2D eigenvalue weighted by molar-refractivity contribution is -0.154. The van der Waals surface area contributed by atoms with E-state index in [1.807, 2.05) is 11.0 Å². The number of halogens is 1. The molecule has 2 atom stereocenters. The van der Waals surface area contributed by atoms with Gasteiger partial charge in [-0.2, -0.15) is 5.26 Å². The van der Waals surface area contributed by atoms with Crippen LogP contribution in [-0.4, -0.2) is 70.9 Å². The summed E-state index contributed by atoms with van der Waals surface area (Å²) >= 11 is 0. The predicted molar refractivity (Wildman–Crippen MR) is 114 cm³/mol. The Morgan fingerprint density at radius 2 is 1.72 bits per heavy atom. The molecular formula is C23H29FN4O4. The van der Waals surface area contributed by atoms with Crippen LogP contribution in [0, 0.1) is 23.1 Å². The standard InChI is InChI=1S/C23H29FN4O4/c24-16-1-6-19(15(11-16)12-25)27-9-7-14(8-10-27)13-26-22(31)20(29)21(30)23(32)28-17-2-3-18(28)5-4-17/h1,6,11,14,17-18,20-21,29-30H,2-5,7-10,13H2,(H,26,31). The zero-order valence-electron chi connectivity index (χ0n) is 17.9. The predicted octanol–water partition coefficient (Wildman–Crippen LogP) is 0.905. The maximum Gasteiger partial charge on any atom is 0.255 e. The molecule has 2 unspecified atom stereocenters. The summed E-state index contributed by atoms with van der Waals surface area (Å²) in [4.78, 5) is 28.6. The van der Waals surface area contributed by atoms with Gasteiger partial charge in [-0.25, -0.2) is 4.39 Å². The Hall–Kier alpha value is -2.70. The molecule has 172 valence electrons. The fraction of sp³-hybridized carbons (Fsp3) is 0.609. The number of anilines is 1. The molecule has 3 aliphatic heterocycles. The average Bonchev–Trinajstić information content (AvgIpc) is 3.42. The number of benzene rings is 1. The van der Waals surface area contributed by atoms with Crippen LogP contribution < -0.4 is 10.2 Å². The number of hydrogen-bond acceptors (Lipinski definition) is 6. The number of piperidine rings is 1. The van der Waals surface area contributed by atoms with Gasteiger partial charge in [0.2, 0.25) is 0 Å². The Morgan fingerprint density at radius 1 is 1.09 bits per heavy atom.